The van der Waals surface area contributed by atoms with E-state index in [2.05, 4.69) is 0 Å². The van der Waals surface area contributed by atoms with Crippen LogP contribution in [-0.2, 0) is 9.53 Å². The normalized spacial score (nSPS) is 31.2. The molecule has 1 aliphatic rings. The summed E-state index contributed by atoms with van der Waals surface area (Å²) in [6.45, 7) is -0.470. The largest absolute Gasteiger partial charge is 0.487 e. The standard InChI is InChI=1S/C6H8O4/c7-2-5-1-6(9,3-8)4-10-5/h1-2,8-9H,3-4H2. The van der Waals surface area contributed by atoms with Crippen LogP contribution in [-0.4, -0.2) is 35.3 Å². The van der Waals surface area contributed by atoms with Crippen molar-refractivity contribution in [1.29, 1.82) is 0 Å². The molecule has 0 aromatic heterocycles. The van der Waals surface area contributed by atoms with E-state index in [9.17, 15) is 9.90 Å². The van der Waals surface area contributed by atoms with E-state index in [0.29, 0.717) is 6.29 Å². The second-order valence-electron chi connectivity index (χ2n) is 2.21. The van der Waals surface area contributed by atoms with Gasteiger partial charge in [0.15, 0.2) is 12.0 Å². The van der Waals surface area contributed by atoms with Crippen molar-refractivity contribution in [3.05, 3.63) is 11.8 Å². The van der Waals surface area contributed by atoms with Crippen LogP contribution in [0.25, 0.3) is 0 Å². The molecule has 1 unspecified atom stereocenters. The molecule has 0 aliphatic carbocycles. The summed E-state index contributed by atoms with van der Waals surface area (Å²) < 4.78 is 4.69. The Bertz CT molecular complexity index is 175. The lowest BCUT2D eigenvalue weighted by molar-refractivity contribution is -0.107. The van der Waals surface area contributed by atoms with Crippen LogP contribution in [0.1, 0.15) is 0 Å². The molecule has 4 heteroatoms. The summed E-state index contributed by atoms with van der Waals surface area (Å²) in [6.07, 6.45) is 1.70. The van der Waals surface area contributed by atoms with Crippen LogP contribution in [0.5, 0.6) is 0 Å². The smallest absolute Gasteiger partial charge is 0.184 e. The third kappa shape index (κ3) is 1.17. The SMILES string of the molecule is O=CC1=CC(O)(CO)CO1. The van der Waals surface area contributed by atoms with Gasteiger partial charge >= 0.3 is 0 Å². The first-order valence-corrected chi connectivity index (χ1v) is 2.84. The maximum absolute atomic E-state index is 10.0. The fraction of sp³-hybridized carbons (Fsp3) is 0.500. The molecule has 4 nitrogen and oxygen atoms in total. The quantitative estimate of drug-likeness (QED) is 0.479. The number of aldehydes is 1. The van der Waals surface area contributed by atoms with Crippen molar-refractivity contribution in [1.82, 2.24) is 0 Å². The van der Waals surface area contributed by atoms with Crippen molar-refractivity contribution >= 4 is 6.29 Å². The third-order valence-electron chi connectivity index (χ3n) is 1.29. The van der Waals surface area contributed by atoms with Gasteiger partial charge < -0.3 is 14.9 Å². The van der Waals surface area contributed by atoms with Crippen LogP contribution < -0.4 is 0 Å². The molecule has 1 heterocycles. The molecule has 1 aliphatic heterocycles. The fourth-order valence-corrected chi connectivity index (χ4v) is 0.716. The summed E-state index contributed by atoms with van der Waals surface area (Å²) in [4.78, 5) is 10.0. The Labute approximate surface area is 57.7 Å². The van der Waals surface area contributed by atoms with Gasteiger partial charge in [-0.2, -0.15) is 0 Å². The van der Waals surface area contributed by atoms with Crippen molar-refractivity contribution in [3.63, 3.8) is 0 Å². The van der Waals surface area contributed by atoms with Crippen LogP contribution in [0.15, 0.2) is 11.8 Å². The average molecular weight is 144 g/mol. The number of rotatable bonds is 2. The van der Waals surface area contributed by atoms with Gasteiger partial charge in [0.2, 0.25) is 0 Å². The zero-order valence-corrected chi connectivity index (χ0v) is 5.28. The topological polar surface area (TPSA) is 66.8 Å². The van der Waals surface area contributed by atoms with E-state index in [1.54, 1.807) is 0 Å². The van der Waals surface area contributed by atoms with Crippen molar-refractivity contribution < 1.29 is 19.7 Å². The minimum atomic E-state index is -1.35. The van der Waals surface area contributed by atoms with E-state index in [0.717, 1.165) is 0 Å². The van der Waals surface area contributed by atoms with Gasteiger partial charge in [-0.05, 0) is 6.08 Å². The number of aliphatic hydroxyl groups excluding tert-OH is 1. The summed E-state index contributed by atoms with van der Waals surface area (Å²) in [5, 5.41) is 17.7. The van der Waals surface area contributed by atoms with Crippen molar-refractivity contribution in [3.8, 4) is 0 Å². The first-order valence-electron chi connectivity index (χ1n) is 2.84. The molecule has 0 saturated heterocycles. The van der Waals surface area contributed by atoms with Gasteiger partial charge in [0.1, 0.15) is 12.2 Å². The number of carbonyl (C=O) groups is 1. The van der Waals surface area contributed by atoms with Crippen LogP contribution >= 0.6 is 0 Å². The Kier molecular flexibility index (Phi) is 1.74. The average Bonchev–Trinajstić information content (AvgIpc) is 2.33. The zero-order valence-electron chi connectivity index (χ0n) is 5.28. The Balaban J connectivity index is 2.70. The lowest BCUT2D eigenvalue weighted by atomic mass is 10.1. The number of hydrogen-bond acceptors (Lipinski definition) is 4. The molecule has 1 atom stereocenters. The highest BCUT2D eigenvalue weighted by Gasteiger charge is 2.31. The first kappa shape index (κ1) is 7.24. The highest BCUT2D eigenvalue weighted by atomic mass is 16.5. The van der Waals surface area contributed by atoms with E-state index in [4.69, 9.17) is 9.84 Å². The number of aliphatic hydroxyl groups is 2. The first-order chi connectivity index (χ1) is 4.70. The van der Waals surface area contributed by atoms with Crippen LogP contribution in [0.4, 0.5) is 0 Å². The Morgan fingerprint density at radius 3 is 2.90 bits per heavy atom. The molecule has 56 valence electrons. The van der Waals surface area contributed by atoms with E-state index in [-0.39, 0.29) is 12.4 Å². The minimum Gasteiger partial charge on any atom is -0.487 e. The van der Waals surface area contributed by atoms with Gasteiger partial charge in [0.25, 0.3) is 0 Å². The summed E-state index contributed by atoms with van der Waals surface area (Å²) in [6, 6.07) is 0. The van der Waals surface area contributed by atoms with E-state index >= 15 is 0 Å². The van der Waals surface area contributed by atoms with Gasteiger partial charge in [-0.1, -0.05) is 0 Å². The highest BCUT2D eigenvalue weighted by molar-refractivity contribution is 5.71. The summed E-state index contributed by atoms with van der Waals surface area (Å²) >= 11 is 0. The molecule has 1 rings (SSSR count). The van der Waals surface area contributed by atoms with Gasteiger partial charge in [0, 0.05) is 0 Å². The summed E-state index contributed by atoms with van der Waals surface area (Å²) in [7, 11) is 0. The molecule has 0 aromatic rings. The fourth-order valence-electron chi connectivity index (χ4n) is 0.716. The Morgan fingerprint density at radius 1 is 1.90 bits per heavy atom. The molecule has 0 spiro atoms. The van der Waals surface area contributed by atoms with Crippen LogP contribution in [0, 0.1) is 0 Å². The zero-order chi connectivity index (χ0) is 7.61. The Morgan fingerprint density at radius 2 is 2.60 bits per heavy atom. The second-order valence-corrected chi connectivity index (χ2v) is 2.21. The van der Waals surface area contributed by atoms with E-state index in [1.807, 2.05) is 0 Å². The lowest BCUT2D eigenvalue weighted by Crippen LogP contribution is -2.32. The number of carbonyl (C=O) groups excluding carboxylic acids is 1. The molecule has 2 N–H and O–H groups in total. The molecular weight excluding hydrogens is 136 g/mol. The predicted molar refractivity (Wildman–Crippen MR) is 32.1 cm³/mol. The van der Waals surface area contributed by atoms with Crippen molar-refractivity contribution in [2.75, 3.05) is 13.2 Å². The van der Waals surface area contributed by atoms with Crippen LogP contribution in [0.2, 0.25) is 0 Å². The van der Waals surface area contributed by atoms with Gasteiger partial charge in [-0.15, -0.1) is 0 Å². The number of ether oxygens (including phenoxy) is 1. The predicted octanol–water partition coefficient (Wildman–Crippen LogP) is -1.18. The van der Waals surface area contributed by atoms with E-state index < -0.39 is 12.2 Å². The van der Waals surface area contributed by atoms with Gasteiger partial charge in [-0.25, -0.2) is 0 Å². The van der Waals surface area contributed by atoms with Gasteiger partial charge in [0.05, 0.1) is 6.61 Å². The monoisotopic (exact) mass is 144 g/mol. The molecule has 0 bridgehead atoms. The maximum Gasteiger partial charge on any atom is 0.184 e. The van der Waals surface area contributed by atoms with Crippen molar-refractivity contribution in [2.45, 2.75) is 5.60 Å². The highest BCUT2D eigenvalue weighted by Crippen LogP contribution is 2.17. The van der Waals surface area contributed by atoms with Gasteiger partial charge in [-0.3, -0.25) is 4.79 Å². The van der Waals surface area contributed by atoms with E-state index in [1.165, 1.54) is 6.08 Å². The Hall–Kier alpha value is -0.870. The maximum atomic E-state index is 10.0. The summed E-state index contributed by atoms with van der Waals surface area (Å²) in [5.74, 6) is 0.0801. The molecule has 0 amide bonds. The minimum absolute atomic E-state index is 0.0441. The van der Waals surface area contributed by atoms with Crippen molar-refractivity contribution in [2.24, 2.45) is 0 Å². The number of allylic oxidation sites excluding steroid dienone is 1. The molecule has 0 fully saturated rings. The molecule has 10 heavy (non-hydrogen) atoms. The molecule has 0 saturated carbocycles. The molecule has 0 aromatic carbocycles. The second kappa shape index (κ2) is 2.40. The molecule has 0 radical (unpaired) electrons. The third-order valence-corrected chi connectivity index (χ3v) is 1.29. The number of hydrogen-bond donors (Lipinski definition) is 2. The molecular formula is C6H8O4. The lowest BCUT2D eigenvalue weighted by Gasteiger charge is -2.12. The van der Waals surface area contributed by atoms with Crippen LogP contribution in [0.3, 0.4) is 0 Å². The summed E-state index contributed by atoms with van der Waals surface area (Å²) in [5.41, 5.74) is -1.35.